The highest BCUT2D eigenvalue weighted by Gasteiger charge is 2.03. The van der Waals surface area contributed by atoms with E-state index in [-0.39, 0.29) is 5.38 Å². The summed E-state index contributed by atoms with van der Waals surface area (Å²) in [6, 6.07) is 0. The van der Waals surface area contributed by atoms with Gasteiger partial charge in [-0.2, -0.15) is 9.36 Å². The van der Waals surface area contributed by atoms with E-state index in [4.69, 9.17) is 23.2 Å². The van der Waals surface area contributed by atoms with Crippen LogP contribution in [-0.4, -0.2) is 20.5 Å². The summed E-state index contributed by atoms with van der Waals surface area (Å²) in [4.78, 5) is 3.96. The normalized spacial score (nSPS) is 13.4. The van der Waals surface area contributed by atoms with E-state index in [0.29, 0.717) is 5.28 Å². The molecule has 0 aliphatic rings. The molecule has 0 saturated heterocycles. The van der Waals surface area contributed by atoms with Crippen LogP contribution in [-0.2, 0) is 0 Å². The Hall–Kier alpha value is 0.490. The maximum absolute atomic E-state index is 5.74. The zero-order valence-electron chi connectivity index (χ0n) is 5.75. The molecular formula is C5H6Cl2N2S2. The number of hydrogen-bond donors (Lipinski definition) is 0. The molecule has 0 aromatic carbocycles. The van der Waals surface area contributed by atoms with Crippen LogP contribution in [0.5, 0.6) is 0 Å². The summed E-state index contributed by atoms with van der Waals surface area (Å²) in [5.74, 6) is 0.840. The standard InChI is InChI=1S/C5H6Cl2N2S2/c1-3(6)2-10-5-8-4(7)9-11-5/h3H,2H2,1H3. The van der Waals surface area contributed by atoms with Crippen LogP contribution in [0.25, 0.3) is 0 Å². The van der Waals surface area contributed by atoms with Crippen LogP contribution in [0.3, 0.4) is 0 Å². The number of halogens is 2. The van der Waals surface area contributed by atoms with Crippen molar-refractivity contribution in [3.63, 3.8) is 0 Å². The number of alkyl halides is 1. The molecule has 0 aliphatic heterocycles. The minimum atomic E-state index is 0.155. The topological polar surface area (TPSA) is 25.8 Å². The van der Waals surface area contributed by atoms with Crippen molar-refractivity contribution >= 4 is 46.5 Å². The van der Waals surface area contributed by atoms with Crippen LogP contribution in [0.15, 0.2) is 4.34 Å². The molecule has 1 unspecified atom stereocenters. The molecule has 0 saturated carbocycles. The van der Waals surface area contributed by atoms with Crippen molar-refractivity contribution in [3.8, 4) is 0 Å². The van der Waals surface area contributed by atoms with Gasteiger partial charge in [0.15, 0.2) is 4.34 Å². The first kappa shape index (κ1) is 9.58. The molecule has 1 aromatic rings. The SMILES string of the molecule is CC(Cl)CSc1nc(Cl)ns1. The lowest BCUT2D eigenvalue weighted by molar-refractivity contribution is 1.11. The van der Waals surface area contributed by atoms with E-state index in [1.165, 1.54) is 11.5 Å². The van der Waals surface area contributed by atoms with Gasteiger partial charge in [-0.15, -0.1) is 11.6 Å². The van der Waals surface area contributed by atoms with E-state index >= 15 is 0 Å². The van der Waals surface area contributed by atoms with Crippen LogP contribution in [0.4, 0.5) is 0 Å². The Labute approximate surface area is 83.5 Å². The van der Waals surface area contributed by atoms with E-state index in [0.717, 1.165) is 10.1 Å². The van der Waals surface area contributed by atoms with Crippen molar-refractivity contribution < 1.29 is 0 Å². The van der Waals surface area contributed by atoms with Crippen molar-refractivity contribution in [2.45, 2.75) is 16.6 Å². The first-order valence-corrected chi connectivity index (χ1v) is 5.52. The van der Waals surface area contributed by atoms with Gasteiger partial charge in [0, 0.05) is 11.1 Å². The first-order valence-electron chi connectivity index (χ1n) is 2.94. The number of hydrogen-bond acceptors (Lipinski definition) is 4. The van der Waals surface area contributed by atoms with Gasteiger partial charge in [0.25, 0.3) is 0 Å². The Kier molecular flexibility index (Phi) is 3.92. The number of nitrogens with zero attached hydrogens (tertiary/aromatic N) is 2. The smallest absolute Gasteiger partial charge is 0.198 e. The summed E-state index contributed by atoms with van der Waals surface area (Å²) in [5.41, 5.74) is 0. The monoisotopic (exact) mass is 228 g/mol. The van der Waals surface area contributed by atoms with E-state index in [1.807, 2.05) is 6.92 Å². The number of rotatable bonds is 3. The van der Waals surface area contributed by atoms with E-state index in [1.54, 1.807) is 11.8 Å². The second-order valence-corrected chi connectivity index (χ2v) is 5.02. The van der Waals surface area contributed by atoms with Crippen molar-refractivity contribution in [1.82, 2.24) is 9.36 Å². The maximum atomic E-state index is 5.74. The molecule has 1 heterocycles. The summed E-state index contributed by atoms with van der Waals surface area (Å²) in [6.07, 6.45) is 0. The van der Waals surface area contributed by atoms with E-state index < -0.39 is 0 Å². The van der Waals surface area contributed by atoms with Gasteiger partial charge in [-0.1, -0.05) is 11.8 Å². The summed E-state index contributed by atoms with van der Waals surface area (Å²) < 4.78 is 4.70. The van der Waals surface area contributed by atoms with Gasteiger partial charge in [-0.25, -0.2) is 0 Å². The lowest BCUT2D eigenvalue weighted by Gasteiger charge is -1.96. The van der Waals surface area contributed by atoms with E-state index in [2.05, 4.69) is 9.36 Å². The molecule has 0 N–H and O–H groups in total. The molecule has 0 radical (unpaired) electrons. The molecule has 0 fully saturated rings. The number of aromatic nitrogens is 2. The third-order valence-corrected chi connectivity index (χ3v) is 3.52. The molecule has 0 spiro atoms. The second kappa shape index (κ2) is 4.50. The molecule has 0 bridgehead atoms. The molecule has 62 valence electrons. The predicted octanol–water partition coefficient (Wildman–Crippen LogP) is 2.91. The highest BCUT2D eigenvalue weighted by molar-refractivity contribution is 8.01. The Balaban J connectivity index is 2.39. The zero-order chi connectivity index (χ0) is 8.27. The summed E-state index contributed by atoms with van der Waals surface area (Å²) in [5, 5.41) is 0.474. The zero-order valence-corrected chi connectivity index (χ0v) is 8.90. The summed E-state index contributed by atoms with van der Waals surface area (Å²) in [7, 11) is 0. The van der Waals surface area contributed by atoms with Crippen LogP contribution >= 0.6 is 46.5 Å². The molecule has 1 rings (SSSR count). The van der Waals surface area contributed by atoms with Crippen LogP contribution < -0.4 is 0 Å². The molecule has 1 atom stereocenters. The van der Waals surface area contributed by atoms with Crippen molar-refractivity contribution in [1.29, 1.82) is 0 Å². The largest absolute Gasteiger partial charge is 0.235 e. The van der Waals surface area contributed by atoms with Crippen molar-refractivity contribution in [2.24, 2.45) is 0 Å². The molecule has 11 heavy (non-hydrogen) atoms. The average molecular weight is 229 g/mol. The van der Waals surface area contributed by atoms with Gasteiger partial charge >= 0.3 is 0 Å². The van der Waals surface area contributed by atoms with Gasteiger partial charge in [0.1, 0.15) is 0 Å². The maximum Gasteiger partial charge on any atom is 0.235 e. The second-order valence-electron chi connectivity index (χ2n) is 1.92. The number of thioether (sulfide) groups is 1. The quantitative estimate of drug-likeness (QED) is 0.588. The van der Waals surface area contributed by atoms with Gasteiger partial charge in [-0.05, 0) is 30.1 Å². The van der Waals surface area contributed by atoms with Crippen LogP contribution in [0.2, 0.25) is 5.28 Å². The van der Waals surface area contributed by atoms with Crippen LogP contribution in [0.1, 0.15) is 6.92 Å². The lowest BCUT2D eigenvalue weighted by atomic mass is 10.6. The summed E-state index contributed by atoms with van der Waals surface area (Å²) >= 11 is 14.1. The Morgan fingerprint density at radius 3 is 2.91 bits per heavy atom. The average Bonchev–Trinajstić information content (AvgIpc) is 2.31. The highest BCUT2D eigenvalue weighted by Crippen LogP contribution is 2.23. The first-order chi connectivity index (χ1) is 5.18. The fraction of sp³-hybridized carbons (Fsp3) is 0.600. The van der Waals surface area contributed by atoms with E-state index in [9.17, 15) is 0 Å². The minimum Gasteiger partial charge on any atom is -0.198 e. The molecule has 6 heteroatoms. The fourth-order valence-electron chi connectivity index (χ4n) is 0.438. The Morgan fingerprint density at radius 1 is 1.73 bits per heavy atom. The highest BCUT2D eigenvalue weighted by atomic mass is 35.5. The fourth-order valence-corrected chi connectivity index (χ4v) is 2.29. The Morgan fingerprint density at radius 2 is 2.45 bits per heavy atom. The van der Waals surface area contributed by atoms with Gasteiger partial charge in [0.05, 0.1) is 0 Å². The molecular weight excluding hydrogens is 223 g/mol. The molecule has 1 aromatic heterocycles. The molecule has 0 aliphatic carbocycles. The third kappa shape index (κ3) is 3.60. The van der Waals surface area contributed by atoms with Gasteiger partial charge < -0.3 is 0 Å². The van der Waals surface area contributed by atoms with Crippen molar-refractivity contribution in [2.75, 3.05) is 5.75 Å². The lowest BCUT2D eigenvalue weighted by Crippen LogP contribution is -1.92. The third-order valence-electron chi connectivity index (χ3n) is 0.819. The Bertz CT molecular complexity index is 226. The van der Waals surface area contributed by atoms with Crippen LogP contribution in [0, 0.1) is 0 Å². The molecule has 0 amide bonds. The van der Waals surface area contributed by atoms with Gasteiger partial charge in [-0.3, -0.25) is 0 Å². The van der Waals surface area contributed by atoms with Crippen molar-refractivity contribution in [3.05, 3.63) is 5.28 Å². The minimum absolute atomic E-state index is 0.155. The van der Waals surface area contributed by atoms with Gasteiger partial charge in [0.2, 0.25) is 5.28 Å². The molecule has 2 nitrogen and oxygen atoms in total. The summed E-state index contributed by atoms with van der Waals surface area (Å²) in [6.45, 7) is 1.94. The predicted molar refractivity (Wildman–Crippen MR) is 51.0 cm³/mol.